The number of sulfonamides is 1. The number of carboxylic acid groups (broad SMARTS) is 1. The summed E-state index contributed by atoms with van der Waals surface area (Å²) in [5, 5.41) is 9.17. The van der Waals surface area contributed by atoms with Crippen molar-refractivity contribution >= 4 is 39.7 Å². The number of carbonyl (C=O) groups is 2. The first-order chi connectivity index (χ1) is 22.8. The van der Waals surface area contributed by atoms with Crippen molar-refractivity contribution in [3.8, 4) is 11.5 Å². The molecule has 0 radical (unpaired) electrons. The van der Waals surface area contributed by atoms with Crippen molar-refractivity contribution in [1.82, 2.24) is 4.72 Å². The second-order valence-electron chi connectivity index (χ2n) is 11.2. The molecule has 0 saturated heterocycles. The van der Waals surface area contributed by atoms with Crippen LogP contribution in [-0.2, 0) is 26.0 Å². The minimum atomic E-state index is -4.11. The first-order valence-electron chi connectivity index (χ1n) is 15.6. The molecule has 0 saturated carbocycles. The highest BCUT2D eigenvalue weighted by molar-refractivity contribution is 7.90. The minimum Gasteiger partial charge on any atom is -0.494 e. The summed E-state index contributed by atoms with van der Waals surface area (Å²) in [4.78, 5) is 26.3. The van der Waals surface area contributed by atoms with Crippen LogP contribution < -0.4 is 19.1 Å². The van der Waals surface area contributed by atoms with Crippen molar-refractivity contribution in [2.24, 2.45) is 0 Å². The SMILES string of the molecule is O=C(O)CCCN1CC(C(=O)NS(=O)(=O)c2ccccc2)Oc2c(/C=C/c3ccc(OCCCCc4ccccc4)cc3)cccc21. The van der Waals surface area contributed by atoms with Crippen LogP contribution in [0.5, 0.6) is 11.5 Å². The Bertz CT molecular complexity index is 1780. The Labute approximate surface area is 275 Å². The molecule has 1 unspecified atom stereocenters. The molecule has 9 nitrogen and oxygen atoms in total. The zero-order valence-corrected chi connectivity index (χ0v) is 26.8. The van der Waals surface area contributed by atoms with Crippen LogP contribution in [0.25, 0.3) is 12.2 Å². The number of anilines is 1. The molecule has 5 rings (SSSR count). The second kappa shape index (κ2) is 16.0. The van der Waals surface area contributed by atoms with Crippen LogP contribution in [0, 0.1) is 0 Å². The van der Waals surface area contributed by atoms with Crippen LogP contribution in [-0.4, -0.2) is 51.2 Å². The number of nitrogens with zero attached hydrogens (tertiary/aromatic N) is 1. The van der Waals surface area contributed by atoms with E-state index in [1.54, 1.807) is 18.2 Å². The fourth-order valence-corrected chi connectivity index (χ4v) is 6.31. The minimum absolute atomic E-state index is 0.0361. The number of rotatable bonds is 15. The van der Waals surface area contributed by atoms with Crippen LogP contribution in [0.2, 0.25) is 0 Å². The smallest absolute Gasteiger partial charge is 0.303 e. The third-order valence-electron chi connectivity index (χ3n) is 7.72. The number of hydrogen-bond donors (Lipinski definition) is 2. The topological polar surface area (TPSA) is 122 Å². The van der Waals surface area contributed by atoms with Gasteiger partial charge in [-0.3, -0.25) is 9.59 Å². The summed E-state index contributed by atoms with van der Waals surface area (Å²) < 4.78 is 39.9. The van der Waals surface area contributed by atoms with Crippen molar-refractivity contribution < 1.29 is 32.6 Å². The van der Waals surface area contributed by atoms with Gasteiger partial charge >= 0.3 is 5.97 Å². The van der Waals surface area contributed by atoms with E-state index in [0.717, 1.165) is 30.6 Å². The van der Waals surface area contributed by atoms with E-state index in [1.807, 2.05) is 65.6 Å². The average molecular weight is 655 g/mol. The maximum absolute atomic E-state index is 13.3. The van der Waals surface area contributed by atoms with Gasteiger partial charge in [0.05, 0.1) is 23.7 Å². The number of para-hydroxylation sites is 1. The molecule has 0 bridgehead atoms. The molecular weight excluding hydrogens is 616 g/mol. The molecular formula is C37H38N2O7S. The number of hydrogen-bond acceptors (Lipinski definition) is 7. The predicted octanol–water partition coefficient (Wildman–Crippen LogP) is 6.20. The van der Waals surface area contributed by atoms with Gasteiger partial charge in [0.25, 0.3) is 15.9 Å². The van der Waals surface area contributed by atoms with Crippen molar-refractivity contribution in [2.45, 2.75) is 43.1 Å². The van der Waals surface area contributed by atoms with Gasteiger partial charge in [-0.1, -0.05) is 84.9 Å². The van der Waals surface area contributed by atoms with Crippen molar-refractivity contribution in [2.75, 3.05) is 24.6 Å². The summed E-state index contributed by atoms with van der Waals surface area (Å²) in [5.41, 5.74) is 3.64. The Morgan fingerprint density at radius 2 is 1.60 bits per heavy atom. The van der Waals surface area contributed by atoms with Crippen LogP contribution in [0.3, 0.4) is 0 Å². The number of fused-ring (bicyclic) bond motifs is 1. The number of carboxylic acids is 1. The van der Waals surface area contributed by atoms with E-state index in [1.165, 1.54) is 17.7 Å². The number of benzene rings is 4. The van der Waals surface area contributed by atoms with E-state index in [-0.39, 0.29) is 17.9 Å². The zero-order chi connectivity index (χ0) is 33.1. The molecule has 2 N–H and O–H groups in total. The molecule has 0 aliphatic carbocycles. The quantitative estimate of drug-likeness (QED) is 0.115. The monoisotopic (exact) mass is 654 g/mol. The molecule has 0 fully saturated rings. The Hall–Kier alpha value is -5.09. The van der Waals surface area contributed by atoms with E-state index in [2.05, 4.69) is 29.0 Å². The van der Waals surface area contributed by atoms with Gasteiger partial charge in [-0.15, -0.1) is 0 Å². The first kappa shape index (κ1) is 33.3. The Morgan fingerprint density at radius 1 is 0.872 bits per heavy atom. The molecule has 47 heavy (non-hydrogen) atoms. The standard InChI is InChI=1S/C37H38N2O7S/c40-35(41)18-10-25-39-27-34(37(42)38-47(43,44)32-15-5-2-6-16-32)46-36-30(14-9-17-33(36)39)22-19-29-20-23-31(24-21-29)45-26-8-7-13-28-11-3-1-4-12-28/h1-6,9,11-12,14-17,19-24,34H,7-8,10,13,18,25-27H2,(H,38,42)(H,40,41)/b22-19+. The second-order valence-corrected chi connectivity index (χ2v) is 12.9. The molecule has 4 aromatic rings. The summed E-state index contributed by atoms with van der Waals surface area (Å²) in [7, 11) is -4.11. The highest BCUT2D eigenvalue weighted by Gasteiger charge is 2.34. The van der Waals surface area contributed by atoms with Gasteiger partial charge in [0.1, 0.15) is 5.75 Å². The molecule has 0 aromatic heterocycles. The molecule has 4 aromatic carbocycles. The Balaban J connectivity index is 1.25. The Morgan fingerprint density at radius 3 is 2.32 bits per heavy atom. The fraction of sp³-hybridized carbons (Fsp3) is 0.243. The van der Waals surface area contributed by atoms with Crippen molar-refractivity contribution in [3.05, 3.63) is 120 Å². The molecule has 1 atom stereocenters. The normalized spacial score (nSPS) is 14.3. The highest BCUT2D eigenvalue weighted by Crippen LogP contribution is 2.38. The molecule has 0 spiro atoms. The van der Waals surface area contributed by atoms with Crippen molar-refractivity contribution in [3.63, 3.8) is 0 Å². The summed E-state index contributed by atoms with van der Waals surface area (Å²) in [6.07, 6.45) is 5.97. The van der Waals surface area contributed by atoms with Gasteiger partial charge in [-0.2, -0.15) is 0 Å². The average Bonchev–Trinajstić information content (AvgIpc) is 3.08. The van der Waals surface area contributed by atoms with E-state index in [0.29, 0.717) is 36.6 Å². The summed E-state index contributed by atoms with van der Waals surface area (Å²) in [5.74, 6) is -0.522. The molecule has 1 heterocycles. The third-order valence-corrected chi connectivity index (χ3v) is 9.08. The zero-order valence-electron chi connectivity index (χ0n) is 26.0. The summed E-state index contributed by atoms with van der Waals surface area (Å²) in [6, 6.07) is 31.3. The lowest BCUT2D eigenvalue weighted by molar-refractivity contribution is -0.137. The van der Waals surface area contributed by atoms with Crippen molar-refractivity contribution in [1.29, 1.82) is 0 Å². The number of aliphatic carboxylic acids is 1. The Kier molecular flexibility index (Phi) is 11.3. The number of nitrogens with one attached hydrogen (secondary N) is 1. The van der Waals surface area contributed by atoms with E-state index in [9.17, 15) is 18.0 Å². The summed E-state index contributed by atoms with van der Waals surface area (Å²) >= 11 is 0. The van der Waals surface area contributed by atoms with Gasteiger partial charge in [0, 0.05) is 18.5 Å². The van der Waals surface area contributed by atoms with Crippen LogP contribution in [0.4, 0.5) is 5.69 Å². The predicted molar refractivity (Wildman–Crippen MR) is 182 cm³/mol. The van der Waals surface area contributed by atoms with Crippen LogP contribution in [0.15, 0.2) is 108 Å². The molecule has 1 aliphatic heterocycles. The number of amides is 1. The number of carbonyl (C=O) groups excluding carboxylic acids is 1. The van der Waals surface area contributed by atoms with Gasteiger partial charge in [-0.25, -0.2) is 13.1 Å². The number of aryl methyl sites for hydroxylation is 1. The maximum atomic E-state index is 13.3. The molecule has 10 heteroatoms. The lowest BCUT2D eigenvalue weighted by Crippen LogP contribution is -2.50. The lowest BCUT2D eigenvalue weighted by atomic mass is 10.1. The van der Waals surface area contributed by atoms with E-state index >= 15 is 0 Å². The molecule has 1 amide bonds. The van der Waals surface area contributed by atoms with Gasteiger partial charge in [0.2, 0.25) is 0 Å². The van der Waals surface area contributed by atoms with Crippen LogP contribution >= 0.6 is 0 Å². The first-order valence-corrected chi connectivity index (χ1v) is 17.1. The van der Waals surface area contributed by atoms with Crippen LogP contribution in [0.1, 0.15) is 42.4 Å². The van der Waals surface area contributed by atoms with E-state index < -0.39 is 28.0 Å². The molecule has 1 aliphatic rings. The maximum Gasteiger partial charge on any atom is 0.303 e. The van der Waals surface area contributed by atoms with Gasteiger partial charge in [-0.05, 0) is 67.1 Å². The fourth-order valence-electron chi connectivity index (χ4n) is 5.28. The number of ether oxygens (including phenoxy) is 2. The highest BCUT2D eigenvalue weighted by atomic mass is 32.2. The third kappa shape index (κ3) is 9.46. The summed E-state index contributed by atoms with van der Waals surface area (Å²) in [6.45, 7) is 1.04. The largest absolute Gasteiger partial charge is 0.494 e. The van der Waals surface area contributed by atoms with Gasteiger partial charge < -0.3 is 19.5 Å². The van der Waals surface area contributed by atoms with E-state index in [4.69, 9.17) is 14.6 Å². The number of unbranched alkanes of at least 4 members (excludes halogenated alkanes) is 1. The lowest BCUT2D eigenvalue weighted by Gasteiger charge is -2.36. The van der Waals surface area contributed by atoms with Gasteiger partial charge in [0.15, 0.2) is 11.9 Å². The molecule has 244 valence electrons.